The van der Waals surface area contributed by atoms with E-state index >= 15 is 0 Å². The molecular formula is C17H19N7O3. The number of benzene rings is 1. The van der Waals surface area contributed by atoms with Crippen molar-refractivity contribution >= 4 is 23.1 Å². The Hall–Kier alpha value is -3.40. The van der Waals surface area contributed by atoms with Gasteiger partial charge in [-0.3, -0.25) is 0 Å². The van der Waals surface area contributed by atoms with Gasteiger partial charge in [0.15, 0.2) is 5.65 Å². The lowest BCUT2D eigenvalue weighted by atomic mass is 10.3. The summed E-state index contributed by atoms with van der Waals surface area (Å²) in [5.41, 5.74) is 5.74. The molecule has 0 radical (unpaired) electrons. The molecule has 27 heavy (non-hydrogen) atoms. The number of anilines is 1. The average Bonchev–Trinajstić information content (AvgIpc) is 3.26. The van der Waals surface area contributed by atoms with Gasteiger partial charge in [0.1, 0.15) is 11.3 Å². The van der Waals surface area contributed by atoms with Crippen molar-refractivity contribution in [3.63, 3.8) is 0 Å². The number of carbonyl (C=O) groups is 1. The Morgan fingerprint density at radius 1 is 1.41 bits per heavy atom. The van der Waals surface area contributed by atoms with Gasteiger partial charge >= 0.3 is 11.7 Å². The van der Waals surface area contributed by atoms with Gasteiger partial charge in [0.2, 0.25) is 5.95 Å². The maximum atomic E-state index is 12.9. The largest absolute Gasteiger partial charge is 0.495 e. The Morgan fingerprint density at radius 3 is 2.93 bits per heavy atom. The third-order valence-electron chi connectivity index (χ3n) is 4.53. The van der Waals surface area contributed by atoms with E-state index in [1.54, 1.807) is 24.3 Å². The number of aromatic nitrogens is 4. The third-order valence-corrected chi connectivity index (χ3v) is 4.53. The van der Waals surface area contributed by atoms with Crippen molar-refractivity contribution in [1.29, 1.82) is 0 Å². The van der Waals surface area contributed by atoms with E-state index in [4.69, 9.17) is 10.5 Å². The fourth-order valence-electron chi connectivity index (χ4n) is 3.26. The van der Waals surface area contributed by atoms with Crippen molar-refractivity contribution in [1.82, 2.24) is 24.4 Å². The van der Waals surface area contributed by atoms with E-state index in [9.17, 15) is 9.59 Å². The highest BCUT2D eigenvalue weighted by Crippen LogP contribution is 2.24. The molecule has 140 valence electrons. The SMILES string of the molecule is COc1ccccc1-n1c(=O)n(C(N)=O)c2cnc(N[C@H]3CCNC3)nc21. The molecule has 1 saturated heterocycles. The van der Waals surface area contributed by atoms with Crippen molar-refractivity contribution in [3.05, 3.63) is 40.9 Å². The standard InChI is InChI=1S/C17H19N7O3/c1-27-13-5-3-2-4-11(13)23-14-12(24(15(18)25)17(23)26)9-20-16(22-14)21-10-6-7-19-8-10/h2-5,9-10,19H,6-8H2,1H3,(H2,18,25)(H,20,21,22)/t10-/m0/s1. The number of hydrogen-bond acceptors (Lipinski definition) is 7. The first-order valence-corrected chi connectivity index (χ1v) is 8.51. The van der Waals surface area contributed by atoms with Crippen LogP contribution < -0.4 is 26.8 Å². The molecule has 10 nitrogen and oxygen atoms in total. The summed E-state index contributed by atoms with van der Waals surface area (Å²) in [6, 6.07) is 6.29. The molecule has 1 aromatic carbocycles. The van der Waals surface area contributed by atoms with E-state index in [-0.39, 0.29) is 17.2 Å². The van der Waals surface area contributed by atoms with Crippen LogP contribution in [-0.2, 0) is 0 Å². The number of methoxy groups -OCH3 is 1. The maximum Gasteiger partial charge on any atom is 0.343 e. The van der Waals surface area contributed by atoms with Gasteiger partial charge in [0.05, 0.1) is 19.0 Å². The fraction of sp³-hybridized carbons (Fsp3) is 0.294. The first-order valence-electron chi connectivity index (χ1n) is 8.51. The van der Waals surface area contributed by atoms with Gasteiger partial charge in [-0.05, 0) is 25.1 Å². The summed E-state index contributed by atoms with van der Waals surface area (Å²) in [5.74, 6) is 0.845. The van der Waals surface area contributed by atoms with E-state index in [0.29, 0.717) is 17.4 Å². The molecule has 0 bridgehead atoms. The highest BCUT2D eigenvalue weighted by molar-refractivity contribution is 5.88. The predicted octanol–water partition coefficient (Wildman–Crippen LogP) is 0.291. The molecule has 1 fully saturated rings. The predicted molar refractivity (Wildman–Crippen MR) is 99.6 cm³/mol. The van der Waals surface area contributed by atoms with Crippen LogP contribution in [0.3, 0.4) is 0 Å². The molecule has 3 heterocycles. The van der Waals surface area contributed by atoms with E-state index in [1.165, 1.54) is 17.9 Å². The molecule has 1 aliphatic rings. The van der Waals surface area contributed by atoms with Crippen LogP contribution in [-0.4, -0.2) is 51.4 Å². The number of fused-ring (bicyclic) bond motifs is 1. The van der Waals surface area contributed by atoms with Crippen LogP contribution in [0.15, 0.2) is 35.3 Å². The van der Waals surface area contributed by atoms with Crippen molar-refractivity contribution in [3.8, 4) is 11.4 Å². The molecule has 0 saturated carbocycles. The summed E-state index contributed by atoms with van der Waals surface area (Å²) in [6.07, 6.45) is 2.37. The highest BCUT2D eigenvalue weighted by Gasteiger charge is 2.23. The molecule has 0 aliphatic carbocycles. The first kappa shape index (κ1) is 17.0. The molecular weight excluding hydrogens is 350 g/mol. The number of nitrogens with one attached hydrogen (secondary N) is 2. The lowest BCUT2D eigenvalue weighted by molar-refractivity contribution is 0.250. The van der Waals surface area contributed by atoms with Crippen LogP contribution >= 0.6 is 0 Å². The molecule has 0 unspecified atom stereocenters. The van der Waals surface area contributed by atoms with E-state index in [1.807, 2.05) is 0 Å². The van der Waals surface area contributed by atoms with Gasteiger partial charge in [-0.2, -0.15) is 4.98 Å². The summed E-state index contributed by atoms with van der Waals surface area (Å²) >= 11 is 0. The number of amides is 1. The quantitative estimate of drug-likeness (QED) is 0.603. The van der Waals surface area contributed by atoms with Crippen molar-refractivity contribution in [2.45, 2.75) is 12.5 Å². The number of carbonyl (C=O) groups excluding carboxylic acids is 1. The number of ether oxygens (including phenoxy) is 1. The van der Waals surface area contributed by atoms with E-state index < -0.39 is 11.7 Å². The van der Waals surface area contributed by atoms with Gasteiger partial charge in [0.25, 0.3) is 0 Å². The van der Waals surface area contributed by atoms with Crippen LogP contribution in [0.1, 0.15) is 6.42 Å². The van der Waals surface area contributed by atoms with Crippen LogP contribution in [0.25, 0.3) is 16.9 Å². The maximum absolute atomic E-state index is 12.9. The van der Waals surface area contributed by atoms with Crippen LogP contribution in [0.4, 0.5) is 10.7 Å². The Balaban J connectivity index is 1.94. The Morgan fingerprint density at radius 2 is 2.22 bits per heavy atom. The minimum atomic E-state index is -0.900. The van der Waals surface area contributed by atoms with Gasteiger partial charge in [-0.1, -0.05) is 12.1 Å². The van der Waals surface area contributed by atoms with Crippen molar-refractivity contribution < 1.29 is 9.53 Å². The number of imidazole rings is 1. The van der Waals surface area contributed by atoms with Crippen LogP contribution in [0.2, 0.25) is 0 Å². The first-order chi connectivity index (χ1) is 13.1. The Kier molecular flexibility index (Phi) is 4.24. The molecule has 10 heteroatoms. The summed E-state index contributed by atoms with van der Waals surface area (Å²) in [7, 11) is 1.51. The molecule has 2 aromatic heterocycles. The molecule has 4 N–H and O–H groups in total. The van der Waals surface area contributed by atoms with Crippen LogP contribution in [0.5, 0.6) is 5.75 Å². The Bertz CT molecular complexity index is 1070. The van der Waals surface area contributed by atoms with Gasteiger partial charge in [0, 0.05) is 12.6 Å². The van der Waals surface area contributed by atoms with Gasteiger partial charge in [-0.15, -0.1) is 0 Å². The number of rotatable bonds is 4. The second kappa shape index (κ2) is 6.72. The lowest BCUT2D eigenvalue weighted by Crippen LogP contribution is -2.32. The molecule has 1 amide bonds. The third kappa shape index (κ3) is 2.89. The smallest absolute Gasteiger partial charge is 0.343 e. The van der Waals surface area contributed by atoms with Gasteiger partial charge in [-0.25, -0.2) is 23.7 Å². The van der Waals surface area contributed by atoms with Crippen molar-refractivity contribution in [2.24, 2.45) is 5.73 Å². The number of hydrogen-bond donors (Lipinski definition) is 3. The minimum absolute atomic E-state index is 0.201. The highest BCUT2D eigenvalue weighted by atomic mass is 16.5. The minimum Gasteiger partial charge on any atom is -0.495 e. The zero-order valence-electron chi connectivity index (χ0n) is 14.7. The summed E-state index contributed by atoms with van der Waals surface area (Å²) in [6.45, 7) is 1.73. The van der Waals surface area contributed by atoms with Gasteiger partial charge < -0.3 is 21.1 Å². The number of nitrogens with two attached hydrogens (primary N) is 1. The summed E-state index contributed by atoms with van der Waals surface area (Å²) in [4.78, 5) is 33.5. The monoisotopic (exact) mass is 369 g/mol. The number of primary amides is 1. The van der Waals surface area contributed by atoms with Crippen molar-refractivity contribution in [2.75, 3.05) is 25.5 Å². The van der Waals surface area contributed by atoms with E-state index in [0.717, 1.165) is 24.1 Å². The van der Waals surface area contributed by atoms with E-state index in [2.05, 4.69) is 20.6 Å². The summed E-state index contributed by atoms with van der Waals surface area (Å²) in [5, 5.41) is 6.50. The van der Waals surface area contributed by atoms with Crippen LogP contribution in [0, 0.1) is 0 Å². The fourth-order valence-corrected chi connectivity index (χ4v) is 3.26. The Labute approximate surface area is 154 Å². The lowest BCUT2D eigenvalue weighted by Gasteiger charge is -2.12. The molecule has 0 spiro atoms. The zero-order chi connectivity index (χ0) is 19.0. The molecule has 4 rings (SSSR count). The second-order valence-corrected chi connectivity index (χ2v) is 6.20. The normalized spacial score (nSPS) is 16.6. The molecule has 3 aromatic rings. The number of nitrogens with zero attached hydrogens (tertiary/aromatic N) is 4. The average molecular weight is 369 g/mol. The zero-order valence-corrected chi connectivity index (χ0v) is 14.7. The summed E-state index contributed by atoms with van der Waals surface area (Å²) < 4.78 is 7.51. The second-order valence-electron chi connectivity index (χ2n) is 6.20. The topological polar surface area (TPSA) is 129 Å². The number of para-hydroxylation sites is 2. The molecule has 1 aliphatic heterocycles. The molecule has 1 atom stereocenters.